The van der Waals surface area contributed by atoms with Gasteiger partial charge in [-0.05, 0) is 89.8 Å². The zero-order chi connectivity index (χ0) is 29.9. The number of fused-ring (bicyclic) bond motifs is 3. The number of carbonyl (C=O) groups is 2. The van der Waals surface area contributed by atoms with Gasteiger partial charge in [-0.25, -0.2) is 14.8 Å². The van der Waals surface area contributed by atoms with E-state index in [2.05, 4.69) is 29.1 Å². The van der Waals surface area contributed by atoms with Crippen LogP contribution in [0, 0.1) is 0 Å². The van der Waals surface area contributed by atoms with E-state index in [1.165, 1.54) is 6.33 Å². The number of nitrogens with one attached hydrogen (secondary N) is 1. The van der Waals surface area contributed by atoms with Crippen LogP contribution in [0.1, 0.15) is 85.3 Å². The van der Waals surface area contributed by atoms with Crippen LogP contribution in [0.3, 0.4) is 0 Å². The average molecular weight is 568 g/mol. The number of rotatable bonds is 8. The zero-order valence-electron chi connectivity index (χ0n) is 25.5. The van der Waals surface area contributed by atoms with Crippen molar-refractivity contribution >= 4 is 23.6 Å². The second-order valence-electron chi connectivity index (χ2n) is 12.5. The summed E-state index contributed by atoms with van der Waals surface area (Å²) in [7, 11) is 0. The third kappa shape index (κ3) is 7.02. The summed E-state index contributed by atoms with van der Waals surface area (Å²) in [5.41, 5.74) is 10.2. The summed E-state index contributed by atoms with van der Waals surface area (Å²) >= 11 is 0. The third-order valence-electron chi connectivity index (χ3n) is 7.68. The Morgan fingerprint density at radius 3 is 2.46 bits per heavy atom. The minimum absolute atomic E-state index is 0.0216. The van der Waals surface area contributed by atoms with Gasteiger partial charge >= 0.3 is 12.1 Å². The van der Waals surface area contributed by atoms with E-state index in [-0.39, 0.29) is 36.2 Å². The van der Waals surface area contributed by atoms with Crippen LogP contribution in [0.4, 0.5) is 16.3 Å². The van der Waals surface area contributed by atoms with E-state index in [1.807, 2.05) is 51.7 Å². The first kappa shape index (κ1) is 30.4. The van der Waals surface area contributed by atoms with E-state index in [4.69, 9.17) is 19.9 Å². The van der Waals surface area contributed by atoms with Gasteiger partial charge in [0.15, 0.2) is 0 Å². The molecule has 0 radical (unpaired) electrons. The molecule has 3 N–H and O–H groups in total. The maximum absolute atomic E-state index is 12.6. The third-order valence-corrected chi connectivity index (χ3v) is 7.68. The molecule has 0 aliphatic heterocycles. The number of hydrogen-bond acceptors (Lipinski definition) is 9. The highest BCUT2D eigenvalue weighted by atomic mass is 16.6. The number of anilines is 2. The number of nitrogen functional groups attached to an aromatic ring is 1. The summed E-state index contributed by atoms with van der Waals surface area (Å²) in [6.07, 6.45) is 4.95. The van der Waals surface area contributed by atoms with Crippen LogP contribution in [-0.2, 0) is 26.1 Å². The Balaban J connectivity index is 1.64. The van der Waals surface area contributed by atoms with Crippen molar-refractivity contribution in [1.29, 1.82) is 0 Å². The summed E-state index contributed by atoms with van der Waals surface area (Å²) < 4.78 is 17.4. The van der Waals surface area contributed by atoms with Crippen LogP contribution >= 0.6 is 0 Å². The smallest absolute Gasteiger partial charge is 0.407 e. The molecule has 1 saturated carbocycles. The number of amides is 1. The molecule has 10 nitrogen and oxygen atoms in total. The van der Waals surface area contributed by atoms with Crippen molar-refractivity contribution in [1.82, 2.24) is 15.3 Å². The molecular formula is C31H45N5O5. The lowest BCUT2D eigenvalue weighted by atomic mass is 9.71. The molecule has 2 aromatic rings. The normalized spacial score (nSPS) is 19.4. The zero-order valence-corrected chi connectivity index (χ0v) is 25.5. The number of ether oxygens (including phenoxy) is 3. The predicted molar refractivity (Wildman–Crippen MR) is 159 cm³/mol. The average Bonchev–Trinajstić information content (AvgIpc) is 2.87. The molecule has 0 atom stereocenters. The number of aromatic nitrogens is 2. The Labute approximate surface area is 243 Å². The lowest BCUT2D eigenvalue weighted by molar-refractivity contribution is -0.141. The van der Waals surface area contributed by atoms with Gasteiger partial charge < -0.3 is 30.2 Å². The minimum atomic E-state index is -0.533. The monoisotopic (exact) mass is 567 g/mol. The molecular weight excluding hydrogens is 522 g/mol. The second-order valence-corrected chi connectivity index (χ2v) is 12.5. The van der Waals surface area contributed by atoms with Gasteiger partial charge in [-0.1, -0.05) is 13.8 Å². The molecule has 1 heterocycles. The lowest BCUT2D eigenvalue weighted by Gasteiger charge is -2.38. The summed E-state index contributed by atoms with van der Waals surface area (Å²) in [4.78, 5) is 35.9. The molecule has 2 aliphatic rings. The molecule has 2 aliphatic carbocycles. The summed E-state index contributed by atoms with van der Waals surface area (Å²) in [6, 6.07) is 4.07. The van der Waals surface area contributed by atoms with Gasteiger partial charge in [0.1, 0.15) is 30.0 Å². The molecule has 10 heteroatoms. The van der Waals surface area contributed by atoms with Gasteiger partial charge in [-0.15, -0.1) is 0 Å². The van der Waals surface area contributed by atoms with E-state index in [1.54, 1.807) is 0 Å². The van der Waals surface area contributed by atoms with Gasteiger partial charge in [-0.2, -0.15) is 0 Å². The number of esters is 1. The Morgan fingerprint density at radius 2 is 1.83 bits per heavy atom. The van der Waals surface area contributed by atoms with Gasteiger partial charge in [-0.3, -0.25) is 4.79 Å². The molecule has 1 fully saturated rings. The molecule has 0 saturated heterocycles. The molecule has 0 bridgehead atoms. The van der Waals surface area contributed by atoms with Crippen molar-refractivity contribution in [2.45, 2.75) is 104 Å². The largest absolute Gasteiger partial charge is 0.488 e. The van der Waals surface area contributed by atoms with E-state index >= 15 is 0 Å². The number of nitrogens with two attached hydrogens (primary N) is 1. The molecule has 41 heavy (non-hydrogen) atoms. The van der Waals surface area contributed by atoms with Crippen LogP contribution in [0.5, 0.6) is 5.75 Å². The molecule has 4 rings (SSSR count). The Morgan fingerprint density at radius 1 is 1.12 bits per heavy atom. The van der Waals surface area contributed by atoms with Crippen LogP contribution < -0.4 is 20.7 Å². The number of likely N-dealkylation sites (N-methyl/N-ethyl adjacent to an activating group) is 1. The van der Waals surface area contributed by atoms with Crippen molar-refractivity contribution in [2.75, 3.05) is 30.3 Å². The van der Waals surface area contributed by atoms with Gasteiger partial charge in [0.2, 0.25) is 0 Å². The van der Waals surface area contributed by atoms with Crippen molar-refractivity contribution in [2.24, 2.45) is 0 Å². The lowest BCUT2D eigenvalue weighted by Crippen LogP contribution is -2.42. The summed E-state index contributed by atoms with van der Waals surface area (Å²) in [5, 5.41) is 3.00. The summed E-state index contributed by atoms with van der Waals surface area (Å²) in [5.74, 6) is 0.941. The Bertz CT molecular complexity index is 1260. The standard InChI is InChI=1S/C31H45N5O5/c1-8-36(17-24(37)39-9-2)27-22-16-31(6,7)25-26(33-18-34-28(25)32)21(22)14-15-23(27)40-20-12-10-19(11-13-20)35-29(38)41-30(3,4)5/h14-15,18-20H,8-13,16-17H2,1-7H3,(H,35,38)(H2,32,33,34)/t19-,20+. The number of nitrogens with zero attached hydrogens (tertiary/aromatic N) is 3. The second kappa shape index (κ2) is 12.1. The Kier molecular flexibility index (Phi) is 8.99. The SMILES string of the molecule is CCOC(=O)CN(CC)c1c(O[C@H]2CC[C@@H](NC(=O)OC(C)(C)C)CC2)ccc2c1CC(C)(C)c1c(N)ncnc1-2. The van der Waals surface area contributed by atoms with Gasteiger partial charge in [0.25, 0.3) is 0 Å². The Hall–Kier alpha value is -3.56. The fourth-order valence-corrected chi connectivity index (χ4v) is 5.95. The highest BCUT2D eigenvalue weighted by molar-refractivity contribution is 5.85. The topological polar surface area (TPSA) is 129 Å². The van der Waals surface area contributed by atoms with E-state index in [0.29, 0.717) is 25.4 Å². The highest BCUT2D eigenvalue weighted by Crippen LogP contribution is 2.49. The first-order valence-corrected chi connectivity index (χ1v) is 14.7. The van der Waals surface area contributed by atoms with Crippen molar-refractivity contribution < 1.29 is 23.8 Å². The molecule has 0 unspecified atom stereocenters. The first-order valence-electron chi connectivity index (χ1n) is 14.7. The van der Waals surface area contributed by atoms with Crippen molar-refractivity contribution in [3.05, 3.63) is 29.6 Å². The van der Waals surface area contributed by atoms with Crippen LogP contribution in [0.25, 0.3) is 11.3 Å². The molecule has 1 aromatic heterocycles. The van der Waals surface area contributed by atoms with Crippen LogP contribution in [0.15, 0.2) is 18.5 Å². The van der Waals surface area contributed by atoms with E-state index in [0.717, 1.165) is 59.5 Å². The molecule has 1 aromatic carbocycles. The first-order chi connectivity index (χ1) is 19.3. The number of alkyl carbamates (subject to hydrolysis) is 1. The molecule has 0 spiro atoms. The number of hydrogen-bond donors (Lipinski definition) is 2. The molecule has 1 amide bonds. The maximum atomic E-state index is 12.6. The van der Waals surface area contributed by atoms with E-state index < -0.39 is 5.60 Å². The van der Waals surface area contributed by atoms with Gasteiger partial charge in [0.05, 0.1) is 24.1 Å². The number of carbonyl (C=O) groups excluding carboxylic acids is 2. The van der Waals surface area contributed by atoms with Crippen LogP contribution in [0.2, 0.25) is 0 Å². The fourth-order valence-electron chi connectivity index (χ4n) is 5.95. The predicted octanol–water partition coefficient (Wildman–Crippen LogP) is 5.16. The minimum Gasteiger partial charge on any atom is -0.488 e. The van der Waals surface area contributed by atoms with Crippen molar-refractivity contribution in [3.8, 4) is 17.0 Å². The highest BCUT2D eigenvalue weighted by Gasteiger charge is 2.38. The van der Waals surface area contributed by atoms with Crippen molar-refractivity contribution in [3.63, 3.8) is 0 Å². The quantitative estimate of drug-likeness (QED) is 0.415. The van der Waals surface area contributed by atoms with Gasteiger partial charge in [0, 0.05) is 23.7 Å². The fraction of sp³-hybridized carbons (Fsp3) is 0.613. The van der Waals surface area contributed by atoms with Crippen LogP contribution in [-0.4, -0.2) is 59.5 Å². The van der Waals surface area contributed by atoms with E-state index in [9.17, 15) is 9.59 Å². The maximum Gasteiger partial charge on any atom is 0.407 e. The molecule has 224 valence electrons. The number of benzene rings is 1. The summed E-state index contributed by atoms with van der Waals surface area (Å²) in [6.45, 7) is 14.7.